The summed E-state index contributed by atoms with van der Waals surface area (Å²) in [4.78, 5) is 6.87. The molecule has 1 aliphatic rings. The number of hydrogen-bond donors (Lipinski definition) is 0. The molecule has 134 valence electrons. The summed E-state index contributed by atoms with van der Waals surface area (Å²) in [6.45, 7) is 9.67. The van der Waals surface area contributed by atoms with Gasteiger partial charge in [0.05, 0.1) is 13.2 Å². The summed E-state index contributed by atoms with van der Waals surface area (Å²) in [6, 6.07) is 9.64. The maximum Gasteiger partial charge on any atom is 0.128 e. The summed E-state index contributed by atoms with van der Waals surface area (Å²) in [5.74, 6) is 1.49. The molecule has 1 fully saturated rings. The van der Waals surface area contributed by atoms with Crippen molar-refractivity contribution in [1.29, 1.82) is 0 Å². The minimum atomic E-state index is -0.144. The molecule has 1 aromatic carbocycles. The van der Waals surface area contributed by atoms with Crippen LogP contribution in [0.4, 0.5) is 10.2 Å². The lowest BCUT2D eigenvalue weighted by Crippen LogP contribution is -2.36. The SMILES string of the molecule is CC(C)c1cc(F)cc(C[C@H](C)c2ccc(N3CCOCC3)nc2)c1. The number of anilines is 1. The van der Waals surface area contributed by atoms with Crippen molar-refractivity contribution in [2.75, 3.05) is 31.2 Å². The van der Waals surface area contributed by atoms with E-state index in [2.05, 4.69) is 48.9 Å². The molecule has 0 bridgehead atoms. The van der Waals surface area contributed by atoms with Crippen molar-refractivity contribution in [1.82, 2.24) is 4.98 Å². The van der Waals surface area contributed by atoms with Gasteiger partial charge in [-0.2, -0.15) is 0 Å². The Hall–Kier alpha value is -1.94. The maximum absolute atomic E-state index is 13.9. The second kappa shape index (κ2) is 7.96. The number of aromatic nitrogens is 1. The van der Waals surface area contributed by atoms with Gasteiger partial charge in [0.15, 0.2) is 0 Å². The van der Waals surface area contributed by atoms with Crippen LogP contribution in [0, 0.1) is 5.82 Å². The van der Waals surface area contributed by atoms with E-state index in [1.165, 1.54) is 5.56 Å². The van der Waals surface area contributed by atoms with E-state index in [4.69, 9.17) is 4.74 Å². The lowest BCUT2D eigenvalue weighted by atomic mass is 9.92. The van der Waals surface area contributed by atoms with Crippen molar-refractivity contribution < 1.29 is 9.13 Å². The van der Waals surface area contributed by atoms with Gasteiger partial charge in [0.1, 0.15) is 11.6 Å². The molecule has 1 aromatic heterocycles. The van der Waals surface area contributed by atoms with Crippen molar-refractivity contribution >= 4 is 5.82 Å². The fourth-order valence-corrected chi connectivity index (χ4v) is 3.27. The van der Waals surface area contributed by atoms with Gasteiger partial charge in [-0.15, -0.1) is 0 Å². The molecule has 0 radical (unpaired) electrons. The molecule has 1 aliphatic heterocycles. The normalized spacial score (nSPS) is 16.3. The average Bonchev–Trinajstić information content (AvgIpc) is 2.62. The Morgan fingerprint density at radius 1 is 1.08 bits per heavy atom. The first-order valence-corrected chi connectivity index (χ1v) is 9.11. The number of nitrogens with zero attached hydrogens (tertiary/aromatic N) is 2. The van der Waals surface area contributed by atoms with E-state index in [-0.39, 0.29) is 5.82 Å². The molecule has 0 saturated carbocycles. The highest BCUT2D eigenvalue weighted by Gasteiger charge is 2.14. The Morgan fingerprint density at radius 3 is 2.48 bits per heavy atom. The van der Waals surface area contributed by atoms with E-state index < -0.39 is 0 Å². The topological polar surface area (TPSA) is 25.4 Å². The van der Waals surface area contributed by atoms with Gasteiger partial charge in [-0.05, 0) is 53.1 Å². The third kappa shape index (κ3) is 4.57. The van der Waals surface area contributed by atoms with Gasteiger partial charge in [-0.1, -0.05) is 32.9 Å². The zero-order valence-electron chi connectivity index (χ0n) is 15.3. The number of morpholine rings is 1. The smallest absolute Gasteiger partial charge is 0.128 e. The summed E-state index contributed by atoms with van der Waals surface area (Å²) in [7, 11) is 0. The van der Waals surface area contributed by atoms with Gasteiger partial charge in [-0.3, -0.25) is 0 Å². The molecule has 0 N–H and O–H groups in total. The predicted molar refractivity (Wildman–Crippen MR) is 99.9 cm³/mol. The van der Waals surface area contributed by atoms with Crippen LogP contribution < -0.4 is 4.90 Å². The zero-order valence-corrected chi connectivity index (χ0v) is 15.3. The molecule has 0 unspecified atom stereocenters. The van der Waals surface area contributed by atoms with Crippen molar-refractivity contribution in [2.24, 2.45) is 0 Å². The number of ether oxygens (including phenoxy) is 1. The minimum absolute atomic E-state index is 0.144. The third-order valence-corrected chi connectivity index (χ3v) is 4.86. The Balaban J connectivity index is 1.69. The third-order valence-electron chi connectivity index (χ3n) is 4.86. The van der Waals surface area contributed by atoms with Crippen molar-refractivity contribution in [3.63, 3.8) is 0 Å². The first kappa shape index (κ1) is 17.9. The molecule has 2 heterocycles. The molecule has 1 atom stereocenters. The van der Waals surface area contributed by atoms with E-state index in [9.17, 15) is 4.39 Å². The molecule has 3 rings (SSSR count). The molecule has 25 heavy (non-hydrogen) atoms. The Morgan fingerprint density at radius 2 is 1.84 bits per heavy atom. The number of pyridine rings is 1. The van der Waals surface area contributed by atoms with Crippen molar-refractivity contribution in [3.05, 3.63) is 59.0 Å². The van der Waals surface area contributed by atoms with Crippen LogP contribution in [0.2, 0.25) is 0 Å². The second-order valence-electron chi connectivity index (χ2n) is 7.20. The molecule has 0 spiro atoms. The van der Waals surface area contributed by atoms with Crippen molar-refractivity contribution in [3.8, 4) is 0 Å². The Kier molecular flexibility index (Phi) is 5.69. The summed E-state index contributed by atoms with van der Waals surface area (Å²) >= 11 is 0. The van der Waals surface area contributed by atoms with Crippen LogP contribution in [-0.2, 0) is 11.2 Å². The minimum Gasteiger partial charge on any atom is -0.378 e. The largest absolute Gasteiger partial charge is 0.378 e. The van der Waals surface area contributed by atoms with E-state index in [1.807, 2.05) is 6.20 Å². The summed E-state index contributed by atoms with van der Waals surface area (Å²) in [5.41, 5.74) is 3.30. The van der Waals surface area contributed by atoms with E-state index in [0.717, 1.165) is 49.7 Å². The van der Waals surface area contributed by atoms with Crippen LogP contribution in [-0.4, -0.2) is 31.3 Å². The summed E-state index contributed by atoms with van der Waals surface area (Å²) in [6.07, 6.45) is 2.77. The Labute approximate surface area is 149 Å². The van der Waals surface area contributed by atoms with Gasteiger partial charge < -0.3 is 9.64 Å². The maximum atomic E-state index is 13.9. The first-order valence-electron chi connectivity index (χ1n) is 9.11. The highest BCUT2D eigenvalue weighted by Crippen LogP contribution is 2.25. The van der Waals surface area contributed by atoms with E-state index in [0.29, 0.717) is 11.8 Å². The molecule has 3 nitrogen and oxygen atoms in total. The van der Waals surface area contributed by atoms with Gasteiger partial charge in [0.25, 0.3) is 0 Å². The monoisotopic (exact) mass is 342 g/mol. The van der Waals surface area contributed by atoms with Gasteiger partial charge >= 0.3 is 0 Å². The first-order chi connectivity index (χ1) is 12.0. The molecule has 1 saturated heterocycles. The lowest BCUT2D eigenvalue weighted by Gasteiger charge is -2.28. The summed E-state index contributed by atoms with van der Waals surface area (Å²) < 4.78 is 19.3. The number of benzene rings is 1. The quantitative estimate of drug-likeness (QED) is 0.798. The van der Waals surface area contributed by atoms with Gasteiger partial charge in [-0.25, -0.2) is 9.37 Å². The van der Waals surface area contributed by atoms with Crippen LogP contribution in [0.1, 0.15) is 49.3 Å². The number of halogens is 1. The van der Waals surface area contributed by atoms with Gasteiger partial charge in [0.2, 0.25) is 0 Å². The van der Waals surface area contributed by atoms with Crippen LogP contribution in [0.3, 0.4) is 0 Å². The lowest BCUT2D eigenvalue weighted by molar-refractivity contribution is 0.122. The molecule has 0 amide bonds. The van der Waals surface area contributed by atoms with Crippen molar-refractivity contribution in [2.45, 2.75) is 39.0 Å². The van der Waals surface area contributed by atoms with Crippen LogP contribution >= 0.6 is 0 Å². The van der Waals surface area contributed by atoms with Crippen LogP contribution in [0.15, 0.2) is 36.5 Å². The highest BCUT2D eigenvalue weighted by atomic mass is 19.1. The molecular weight excluding hydrogens is 315 g/mol. The number of hydrogen-bond acceptors (Lipinski definition) is 3. The molecule has 0 aliphatic carbocycles. The molecule has 4 heteroatoms. The Bertz CT molecular complexity index is 694. The molecule has 2 aromatic rings. The molecular formula is C21H27FN2O. The standard InChI is InChI=1S/C21H27FN2O/c1-15(2)19-11-17(12-20(22)13-19)10-16(3)18-4-5-21(23-14-18)24-6-8-25-9-7-24/h4-5,11-16H,6-10H2,1-3H3/t16-/m0/s1. The van der Waals surface area contributed by atoms with E-state index in [1.54, 1.807) is 12.1 Å². The average molecular weight is 342 g/mol. The fourth-order valence-electron chi connectivity index (χ4n) is 3.27. The highest BCUT2D eigenvalue weighted by molar-refractivity contribution is 5.40. The van der Waals surface area contributed by atoms with Crippen LogP contribution in [0.25, 0.3) is 0 Å². The van der Waals surface area contributed by atoms with Gasteiger partial charge in [0, 0.05) is 19.3 Å². The van der Waals surface area contributed by atoms with E-state index >= 15 is 0 Å². The van der Waals surface area contributed by atoms with Crippen LogP contribution in [0.5, 0.6) is 0 Å². The fraction of sp³-hybridized carbons (Fsp3) is 0.476. The summed E-state index contributed by atoms with van der Waals surface area (Å²) in [5, 5.41) is 0. The number of rotatable bonds is 5. The zero-order chi connectivity index (χ0) is 17.8. The predicted octanol–water partition coefficient (Wildman–Crippen LogP) is 4.53. The second-order valence-corrected chi connectivity index (χ2v) is 7.20.